The first-order valence-electron chi connectivity index (χ1n) is 11.0. The molecule has 4 aromatic rings. The number of thiazole rings is 1. The minimum absolute atomic E-state index is 0.0730. The Morgan fingerprint density at radius 1 is 1.28 bits per heavy atom. The van der Waals surface area contributed by atoms with Crippen molar-refractivity contribution >= 4 is 38.6 Å². The highest BCUT2D eigenvalue weighted by atomic mass is 32.1. The number of fused-ring (bicyclic) bond motifs is 4. The van der Waals surface area contributed by atoms with Crippen molar-refractivity contribution in [3.63, 3.8) is 0 Å². The van der Waals surface area contributed by atoms with Gasteiger partial charge in [-0.3, -0.25) is 9.69 Å². The molecule has 2 bridgehead atoms. The summed E-state index contributed by atoms with van der Waals surface area (Å²) in [6.45, 7) is 2.48. The van der Waals surface area contributed by atoms with Gasteiger partial charge in [0.15, 0.2) is 5.65 Å². The molecule has 2 fully saturated rings. The van der Waals surface area contributed by atoms with Crippen LogP contribution in [0.2, 0.25) is 0 Å². The van der Waals surface area contributed by atoms with Gasteiger partial charge in [-0.25, -0.2) is 4.98 Å². The number of carbonyl (C=O) groups excluding carboxylic acids is 1. The number of benzene rings is 1. The largest absolute Gasteiger partial charge is 0.464 e. The summed E-state index contributed by atoms with van der Waals surface area (Å²) in [5, 5.41) is 4.81. The van der Waals surface area contributed by atoms with Crippen molar-refractivity contribution in [2.45, 2.75) is 57.3 Å². The van der Waals surface area contributed by atoms with Gasteiger partial charge in [-0.15, -0.1) is 0 Å². The van der Waals surface area contributed by atoms with Crippen LogP contribution in [0, 0.1) is 0 Å². The molecular weight excluding hydrogens is 424 g/mol. The summed E-state index contributed by atoms with van der Waals surface area (Å²) in [6.07, 6.45) is 8.06. The average Bonchev–Trinajstić information content (AvgIpc) is 3.42. The Morgan fingerprint density at radius 3 is 2.91 bits per heavy atom. The number of carbonyl (C=O) groups is 1. The van der Waals surface area contributed by atoms with E-state index in [9.17, 15) is 4.79 Å². The van der Waals surface area contributed by atoms with Crippen LogP contribution < -0.4 is 10.1 Å². The molecule has 164 valence electrons. The molecule has 1 N–H and O–H groups in total. The Morgan fingerprint density at radius 2 is 2.12 bits per heavy atom. The van der Waals surface area contributed by atoms with Crippen molar-refractivity contribution in [1.82, 2.24) is 20.2 Å². The van der Waals surface area contributed by atoms with Crippen LogP contribution in [0.15, 0.2) is 47.2 Å². The van der Waals surface area contributed by atoms with Crippen molar-refractivity contribution in [3.8, 4) is 10.9 Å². The number of ether oxygens (including phenoxy) is 1. The van der Waals surface area contributed by atoms with Crippen molar-refractivity contribution < 1.29 is 13.9 Å². The van der Waals surface area contributed by atoms with Gasteiger partial charge in [0.25, 0.3) is 5.19 Å². The van der Waals surface area contributed by atoms with Crippen LogP contribution in [0.25, 0.3) is 21.3 Å². The molecule has 5 heterocycles. The summed E-state index contributed by atoms with van der Waals surface area (Å²) in [7, 11) is 0. The Balaban J connectivity index is 1.18. The zero-order chi connectivity index (χ0) is 21.7. The van der Waals surface area contributed by atoms with Crippen LogP contribution >= 0.6 is 11.3 Å². The van der Waals surface area contributed by atoms with Crippen molar-refractivity contribution in [1.29, 1.82) is 0 Å². The van der Waals surface area contributed by atoms with E-state index in [1.165, 1.54) is 29.7 Å². The van der Waals surface area contributed by atoms with Crippen LogP contribution in [0.5, 0.6) is 10.9 Å². The number of hydrogen-bond donors (Lipinski definition) is 1. The van der Waals surface area contributed by atoms with Gasteiger partial charge in [-0.1, -0.05) is 11.3 Å². The van der Waals surface area contributed by atoms with Gasteiger partial charge in [-0.2, -0.15) is 4.98 Å². The first kappa shape index (κ1) is 19.7. The second kappa shape index (κ2) is 7.86. The molecule has 3 atom stereocenters. The zero-order valence-corrected chi connectivity index (χ0v) is 18.6. The highest BCUT2D eigenvalue weighted by Crippen LogP contribution is 2.38. The maximum atomic E-state index is 11.5. The van der Waals surface area contributed by atoms with Crippen LogP contribution in [0.1, 0.15) is 38.2 Å². The molecule has 0 saturated carbocycles. The SMILES string of the molecule is CC(=O)N[C@@H]1C[C@H]2CC[C@@H](C1)N2Cc1coc2cc(Oc3nc4ncccc4s3)ccc12. The standard InChI is InChI=1S/C24H24N4O3S/c1-14(29)26-16-9-17-4-5-18(10-16)28(17)12-15-13-30-21-11-19(6-7-20(15)21)31-24-27-23-22(32-24)3-2-8-25-23/h2-3,6-8,11,13,16-18H,4-5,9-10,12H2,1H3,(H,26,29)/t16-,17-,18+. The molecule has 32 heavy (non-hydrogen) atoms. The molecule has 2 aliphatic rings. The lowest BCUT2D eigenvalue weighted by atomic mass is 9.96. The normalized spacial score (nSPS) is 23.1. The minimum Gasteiger partial charge on any atom is -0.464 e. The second-order valence-corrected chi connectivity index (χ2v) is 9.75. The summed E-state index contributed by atoms with van der Waals surface area (Å²) < 4.78 is 12.9. The Bertz CT molecular complexity index is 1250. The van der Waals surface area contributed by atoms with Gasteiger partial charge in [0.1, 0.15) is 11.3 Å². The van der Waals surface area contributed by atoms with E-state index in [-0.39, 0.29) is 5.91 Å². The third-order valence-electron chi connectivity index (χ3n) is 6.62. The predicted octanol–water partition coefficient (Wildman–Crippen LogP) is 4.86. The smallest absolute Gasteiger partial charge is 0.281 e. The van der Waals surface area contributed by atoms with Crippen molar-refractivity contribution in [2.75, 3.05) is 0 Å². The van der Waals surface area contributed by atoms with Crippen LogP contribution in [-0.2, 0) is 11.3 Å². The highest BCUT2D eigenvalue weighted by molar-refractivity contribution is 7.20. The molecule has 6 rings (SSSR count). The zero-order valence-electron chi connectivity index (χ0n) is 17.8. The van der Waals surface area contributed by atoms with Gasteiger partial charge in [-0.05, 0) is 49.9 Å². The Kier molecular flexibility index (Phi) is 4.84. The topological polar surface area (TPSA) is 80.5 Å². The molecule has 3 aromatic heterocycles. The molecule has 1 aromatic carbocycles. The third kappa shape index (κ3) is 3.63. The van der Waals surface area contributed by atoms with E-state index in [1.54, 1.807) is 13.1 Å². The number of nitrogens with one attached hydrogen (secondary N) is 1. The van der Waals surface area contributed by atoms with Gasteiger partial charge < -0.3 is 14.5 Å². The number of rotatable bonds is 5. The molecule has 7 nitrogen and oxygen atoms in total. The van der Waals surface area contributed by atoms with E-state index in [0.717, 1.165) is 35.1 Å². The summed E-state index contributed by atoms with van der Waals surface area (Å²) in [5.74, 6) is 0.775. The first-order valence-corrected chi connectivity index (χ1v) is 11.9. The quantitative estimate of drug-likeness (QED) is 0.470. The number of hydrogen-bond acceptors (Lipinski definition) is 7. The van der Waals surface area contributed by atoms with Gasteiger partial charge in [0, 0.05) is 54.8 Å². The lowest BCUT2D eigenvalue weighted by Crippen LogP contribution is -2.49. The minimum atomic E-state index is 0.0730. The lowest BCUT2D eigenvalue weighted by molar-refractivity contribution is -0.120. The van der Waals surface area contributed by atoms with Crippen molar-refractivity contribution in [3.05, 3.63) is 48.4 Å². The average molecular weight is 449 g/mol. The van der Waals surface area contributed by atoms with Crippen LogP contribution in [0.3, 0.4) is 0 Å². The molecule has 8 heteroatoms. The summed E-state index contributed by atoms with van der Waals surface area (Å²) in [4.78, 5) is 22.8. The molecule has 0 spiro atoms. The van der Waals surface area contributed by atoms with E-state index in [1.807, 2.05) is 30.5 Å². The molecule has 2 aliphatic heterocycles. The van der Waals surface area contributed by atoms with Gasteiger partial charge in [0.2, 0.25) is 5.91 Å². The predicted molar refractivity (Wildman–Crippen MR) is 123 cm³/mol. The maximum Gasteiger partial charge on any atom is 0.281 e. The Hall–Kier alpha value is -2.97. The van der Waals surface area contributed by atoms with E-state index in [2.05, 4.69) is 26.3 Å². The second-order valence-electron chi connectivity index (χ2n) is 8.75. The summed E-state index contributed by atoms with van der Waals surface area (Å²) in [6, 6.07) is 11.2. The molecule has 2 saturated heterocycles. The monoisotopic (exact) mass is 448 g/mol. The molecular formula is C24H24N4O3S. The number of piperidine rings is 1. The summed E-state index contributed by atoms with van der Waals surface area (Å²) in [5.41, 5.74) is 2.72. The number of nitrogens with zero attached hydrogens (tertiary/aromatic N) is 3. The van der Waals surface area contributed by atoms with E-state index >= 15 is 0 Å². The summed E-state index contributed by atoms with van der Waals surface area (Å²) >= 11 is 1.48. The van der Waals surface area contributed by atoms with Crippen LogP contribution in [-0.4, -0.2) is 38.9 Å². The fourth-order valence-corrected chi connectivity index (χ4v) is 6.07. The first-order chi connectivity index (χ1) is 15.6. The number of furan rings is 1. The number of pyridine rings is 1. The van der Waals surface area contributed by atoms with E-state index in [0.29, 0.717) is 34.7 Å². The Labute approximate surface area is 189 Å². The molecule has 0 aliphatic carbocycles. The van der Waals surface area contributed by atoms with Gasteiger partial charge >= 0.3 is 0 Å². The third-order valence-corrected chi connectivity index (χ3v) is 7.51. The fraction of sp³-hybridized carbons (Fsp3) is 0.375. The maximum absolute atomic E-state index is 11.5. The molecule has 0 unspecified atom stereocenters. The highest BCUT2D eigenvalue weighted by Gasteiger charge is 2.41. The van der Waals surface area contributed by atoms with Crippen molar-refractivity contribution in [2.24, 2.45) is 0 Å². The molecule has 1 amide bonds. The van der Waals surface area contributed by atoms with Gasteiger partial charge in [0.05, 0.1) is 11.0 Å². The number of amides is 1. The van der Waals surface area contributed by atoms with E-state index in [4.69, 9.17) is 9.15 Å². The number of aromatic nitrogens is 2. The lowest BCUT2D eigenvalue weighted by Gasteiger charge is -2.39. The molecule has 0 radical (unpaired) electrons. The van der Waals surface area contributed by atoms with E-state index < -0.39 is 0 Å². The fourth-order valence-electron chi connectivity index (χ4n) is 5.28. The van der Waals surface area contributed by atoms with Crippen LogP contribution in [0.4, 0.5) is 0 Å².